The highest BCUT2D eigenvalue weighted by Crippen LogP contribution is 2.21. The van der Waals surface area contributed by atoms with E-state index in [4.69, 9.17) is 5.11 Å². The van der Waals surface area contributed by atoms with Gasteiger partial charge in [-0.3, -0.25) is 9.58 Å². The van der Waals surface area contributed by atoms with Gasteiger partial charge in [-0.1, -0.05) is 30.3 Å². The number of aliphatic hydroxyl groups excluding tert-OH is 1. The van der Waals surface area contributed by atoms with E-state index in [1.807, 2.05) is 4.68 Å². The van der Waals surface area contributed by atoms with Gasteiger partial charge >= 0.3 is 0 Å². The number of benzene rings is 1. The lowest BCUT2D eigenvalue weighted by molar-refractivity contribution is 0.257. The normalized spacial score (nSPS) is 21.1. The zero-order valence-electron chi connectivity index (χ0n) is 15.6. The Morgan fingerprint density at radius 3 is 2.72 bits per heavy atom. The molecule has 1 saturated heterocycles. The average molecular weight is 342 g/mol. The summed E-state index contributed by atoms with van der Waals surface area (Å²) < 4.78 is 1.91. The summed E-state index contributed by atoms with van der Waals surface area (Å²) in [6, 6.07) is 11.8. The molecule has 0 amide bonds. The van der Waals surface area contributed by atoms with Gasteiger partial charge in [0.1, 0.15) is 0 Å². The molecule has 2 aromatic rings. The van der Waals surface area contributed by atoms with Crippen LogP contribution in [0.2, 0.25) is 0 Å². The van der Waals surface area contributed by atoms with Gasteiger partial charge in [0, 0.05) is 43.0 Å². The largest absolute Gasteiger partial charge is 0.394 e. The van der Waals surface area contributed by atoms with Crippen molar-refractivity contribution in [3.05, 3.63) is 52.8 Å². The van der Waals surface area contributed by atoms with Crippen LogP contribution in [0.25, 0.3) is 0 Å². The Morgan fingerprint density at radius 2 is 2.00 bits per heavy atom. The van der Waals surface area contributed by atoms with Crippen LogP contribution in [0.4, 0.5) is 0 Å². The zero-order valence-corrected chi connectivity index (χ0v) is 15.6. The second-order valence-electron chi connectivity index (χ2n) is 7.17. The van der Waals surface area contributed by atoms with Crippen LogP contribution in [0, 0.1) is 13.8 Å². The molecule has 1 aromatic carbocycles. The molecule has 0 radical (unpaired) electrons. The third-order valence-corrected chi connectivity index (χ3v) is 5.34. The van der Waals surface area contributed by atoms with Crippen LogP contribution in [-0.2, 0) is 19.6 Å². The van der Waals surface area contributed by atoms with Crippen molar-refractivity contribution in [1.82, 2.24) is 20.0 Å². The predicted molar refractivity (Wildman–Crippen MR) is 100 cm³/mol. The number of nitrogens with zero attached hydrogens (tertiary/aromatic N) is 3. The van der Waals surface area contributed by atoms with E-state index in [2.05, 4.69) is 66.4 Å². The minimum Gasteiger partial charge on any atom is -0.394 e. The van der Waals surface area contributed by atoms with Gasteiger partial charge in [-0.15, -0.1) is 0 Å². The van der Waals surface area contributed by atoms with Crippen molar-refractivity contribution < 1.29 is 5.11 Å². The summed E-state index contributed by atoms with van der Waals surface area (Å²) in [5.74, 6) is 0. The molecule has 3 rings (SSSR count). The second kappa shape index (κ2) is 8.13. The van der Waals surface area contributed by atoms with E-state index in [1.54, 1.807) is 0 Å². The fourth-order valence-corrected chi connectivity index (χ4v) is 3.83. The molecule has 0 spiro atoms. The smallest absolute Gasteiger partial charge is 0.0644 e. The van der Waals surface area contributed by atoms with Crippen LogP contribution in [-0.4, -0.2) is 45.0 Å². The monoisotopic (exact) mass is 342 g/mol. The summed E-state index contributed by atoms with van der Waals surface area (Å²) in [4.78, 5) is 2.56. The van der Waals surface area contributed by atoms with Gasteiger partial charge < -0.3 is 10.4 Å². The van der Waals surface area contributed by atoms with Gasteiger partial charge in [-0.05, 0) is 32.8 Å². The number of rotatable bonds is 7. The molecule has 1 aromatic heterocycles. The number of aryl methyl sites for hydroxylation is 1. The highest BCUT2D eigenvalue weighted by atomic mass is 16.3. The standard InChI is InChI=1S/C20H30N4O/c1-15-11-19(14-23(15)13-18-7-5-4-6-8-18)21-12-20-16(2)22-24(9-10-25)17(20)3/h4-8,15,19,21,25H,9-14H2,1-3H3. The molecule has 25 heavy (non-hydrogen) atoms. The predicted octanol–water partition coefficient (Wildman–Crippen LogP) is 2.24. The van der Waals surface area contributed by atoms with Crippen molar-refractivity contribution in [2.45, 2.75) is 58.9 Å². The molecular formula is C20H30N4O. The lowest BCUT2D eigenvalue weighted by atomic mass is 10.1. The molecule has 136 valence electrons. The van der Waals surface area contributed by atoms with E-state index < -0.39 is 0 Å². The Kier molecular flexibility index (Phi) is 5.89. The first-order valence-electron chi connectivity index (χ1n) is 9.23. The lowest BCUT2D eigenvalue weighted by Gasteiger charge is -2.21. The van der Waals surface area contributed by atoms with Crippen molar-refractivity contribution in [2.24, 2.45) is 0 Å². The molecule has 5 nitrogen and oxygen atoms in total. The van der Waals surface area contributed by atoms with Crippen LogP contribution in [0.3, 0.4) is 0 Å². The van der Waals surface area contributed by atoms with E-state index in [9.17, 15) is 0 Å². The number of nitrogens with one attached hydrogen (secondary N) is 1. The minimum atomic E-state index is 0.128. The van der Waals surface area contributed by atoms with E-state index in [0.717, 1.165) is 31.0 Å². The molecule has 1 fully saturated rings. The Morgan fingerprint density at radius 1 is 1.24 bits per heavy atom. The first-order valence-corrected chi connectivity index (χ1v) is 9.23. The fourth-order valence-electron chi connectivity index (χ4n) is 3.83. The Hall–Kier alpha value is -1.69. The summed E-state index contributed by atoms with van der Waals surface area (Å²) in [5, 5.41) is 17.4. The second-order valence-corrected chi connectivity index (χ2v) is 7.17. The maximum absolute atomic E-state index is 9.14. The Balaban J connectivity index is 1.56. The molecule has 1 aliphatic rings. The van der Waals surface area contributed by atoms with Gasteiger partial charge in [0.25, 0.3) is 0 Å². The summed E-state index contributed by atoms with van der Waals surface area (Å²) in [6.45, 7) is 10.1. The van der Waals surface area contributed by atoms with Crippen LogP contribution in [0.5, 0.6) is 0 Å². The molecule has 5 heteroatoms. The van der Waals surface area contributed by atoms with Crippen LogP contribution < -0.4 is 5.32 Å². The SMILES string of the molecule is Cc1nn(CCO)c(C)c1CNC1CC(C)N(Cc2ccccc2)C1. The first kappa shape index (κ1) is 18.1. The van der Waals surface area contributed by atoms with E-state index >= 15 is 0 Å². The highest BCUT2D eigenvalue weighted by Gasteiger charge is 2.28. The fraction of sp³-hybridized carbons (Fsp3) is 0.550. The molecule has 0 bridgehead atoms. The molecule has 0 aliphatic carbocycles. The number of aliphatic hydroxyl groups is 1. The first-order chi connectivity index (χ1) is 12.1. The zero-order chi connectivity index (χ0) is 17.8. The summed E-state index contributed by atoms with van der Waals surface area (Å²) in [7, 11) is 0. The third kappa shape index (κ3) is 4.29. The number of aromatic nitrogens is 2. The maximum atomic E-state index is 9.14. The van der Waals surface area contributed by atoms with Crippen LogP contribution >= 0.6 is 0 Å². The van der Waals surface area contributed by atoms with Gasteiger partial charge in [0.15, 0.2) is 0 Å². The van der Waals surface area contributed by atoms with Crippen molar-refractivity contribution >= 4 is 0 Å². The average Bonchev–Trinajstić information content (AvgIpc) is 3.07. The quantitative estimate of drug-likeness (QED) is 0.810. The van der Waals surface area contributed by atoms with Crippen molar-refractivity contribution in [3.8, 4) is 0 Å². The number of hydrogen-bond acceptors (Lipinski definition) is 4. The summed E-state index contributed by atoms with van der Waals surface area (Å²) in [6.07, 6.45) is 1.18. The van der Waals surface area contributed by atoms with Crippen LogP contribution in [0.1, 0.15) is 35.9 Å². The Bertz CT molecular complexity index is 683. The van der Waals surface area contributed by atoms with Crippen molar-refractivity contribution in [2.75, 3.05) is 13.2 Å². The van der Waals surface area contributed by atoms with E-state index in [0.29, 0.717) is 18.6 Å². The molecule has 0 saturated carbocycles. The number of likely N-dealkylation sites (tertiary alicyclic amines) is 1. The maximum Gasteiger partial charge on any atom is 0.0644 e. The van der Waals surface area contributed by atoms with Gasteiger partial charge in [0.2, 0.25) is 0 Å². The molecule has 2 heterocycles. The van der Waals surface area contributed by atoms with E-state index in [-0.39, 0.29) is 6.61 Å². The highest BCUT2D eigenvalue weighted by molar-refractivity contribution is 5.24. The summed E-state index contributed by atoms with van der Waals surface area (Å²) in [5.41, 5.74) is 4.87. The van der Waals surface area contributed by atoms with Crippen molar-refractivity contribution in [1.29, 1.82) is 0 Å². The number of hydrogen-bond donors (Lipinski definition) is 2. The molecule has 2 unspecified atom stereocenters. The summed E-state index contributed by atoms with van der Waals surface area (Å²) >= 11 is 0. The van der Waals surface area contributed by atoms with Gasteiger partial charge in [0.05, 0.1) is 18.8 Å². The molecular weight excluding hydrogens is 312 g/mol. The molecule has 2 N–H and O–H groups in total. The van der Waals surface area contributed by atoms with Gasteiger partial charge in [-0.25, -0.2) is 0 Å². The Labute approximate surface area is 150 Å². The minimum absolute atomic E-state index is 0.128. The van der Waals surface area contributed by atoms with E-state index in [1.165, 1.54) is 17.5 Å². The molecule has 2 atom stereocenters. The molecule has 1 aliphatic heterocycles. The third-order valence-electron chi connectivity index (χ3n) is 5.34. The van der Waals surface area contributed by atoms with Gasteiger partial charge in [-0.2, -0.15) is 5.10 Å². The van der Waals surface area contributed by atoms with Crippen molar-refractivity contribution in [3.63, 3.8) is 0 Å². The lowest BCUT2D eigenvalue weighted by Crippen LogP contribution is -2.32. The van der Waals surface area contributed by atoms with Crippen LogP contribution in [0.15, 0.2) is 30.3 Å². The topological polar surface area (TPSA) is 53.3 Å².